The summed E-state index contributed by atoms with van der Waals surface area (Å²) < 4.78 is 15.4. The van der Waals surface area contributed by atoms with Gasteiger partial charge in [-0.15, -0.1) is 0 Å². The molecule has 1 atom stereocenters. The Morgan fingerprint density at radius 3 is 2.78 bits per heavy atom. The number of halogens is 1. The van der Waals surface area contributed by atoms with Crippen LogP contribution in [0.5, 0.6) is 0 Å². The normalized spacial score (nSPS) is 13.1. The van der Waals surface area contributed by atoms with Crippen LogP contribution in [0.25, 0.3) is 11.0 Å². The highest BCUT2D eigenvalue weighted by molar-refractivity contribution is 5.76. The maximum Gasteiger partial charge on any atom is 0.125 e. The summed E-state index contributed by atoms with van der Waals surface area (Å²) >= 11 is 0. The Labute approximate surface area is 107 Å². The van der Waals surface area contributed by atoms with Crippen LogP contribution in [0.2, 0.25) is 0 Å². The Morgan fingerprint density at radius 2 is 2.17 bits per heavy atom. The molecule has 0 saturated carbocycles. The highest BCUT2D eigenvalue weighted by atomic mass is 19.1. The number of hydrogen-bond donors (Lipinski definition) is 1. The number of fused-ring (bicyclic) bond motifs is 1. The van der Waals surface area contributed by atoms with Crippen LogP contribution in [0, 0.1) is 5.82 Å². The van der Waals surface area contributed by atoms with Crippen molar-refractivity contribution in [1.29, 1.82) is 0 Å². The first-order valence-electron chi connectivity index (χ1n) is 6.57. The summed E-state index contributed by atoms with van der Waals surface area (Å²) in [6.45, 7) is 5.70. The SMILES string of the molecule is CCCn1c(C(CC)CN)nc2cc(F)ccc21. The molecule has 0 aliphatic heterocycles. The fourth-order valence-corrected chi connectivity index (χ4v) is 2.35. The van der Waals surface area contributed by atoms with E-state index in [0.29, 0.717) is 6.54 Å². The predicted octanol–water partition coefficient (Wildman–Crippen LogP) is 3.04. The Kier molecular flexibility index (Phi) is 3.97. The van der Waals surface area contributed by atoms with E-state index in [9.17, 15) is 4.39 Å². The van der Waals surface area contributed by atoms with Crippen LogP contribution in [0.15, 0.2) is 18.2 Å². The van der Waals surface area contributed by atoms with Crippen LogP contribution in [-0.4, -0.2) is 16.1 Å². The van der Waals surface area contributed by atoms with E-state index < -0.39 is 0 Å². The average molecular weight is 249 g/mol. The van der Waals surface area contributed by atoms with Crippen LogP contribution < -0.4 is 5.73 Å². The highest BCUT2D eigenvalue weighted by Crippen LogP contribution is 2.24. The van der Waals surface area contributed by atoms with E-state index in [0.717, 1.165) is 36.2 Å². The molecule has 1 unspecified atom stereocenters. The second-order valence-corrected chi connectivity index (χ2v) is 4.60. The summed E-state index contributed by atoms with van der Waals surface area (Å²) in [6, 6.07) is 4.79. The number of imidazole rings is 1. The quantitative estimate of drug-likeness (QED) is 0.885. The summed E-state index contributed by atoms with van der Waals surface area (Å²) in [5.41, 5.74) is 7.53. The Morgan fingerprint density at radius 1 is 1.39 bits per heavy atom. The van der Waals surface area contributed by atoms with E-state index in [4.69, 9.17) is 5.73 Å². The molecule has 0 saturated heterocycles. The zero-order chi connectivity index (χ0) is 13.1. The molecule has 0 amide bonds. The Balaban J connectivity index is 2.59. The molecule has 0 radical (unpaired) electrons. The molecule has 98 valence electrons. The van der Waals surface area contributed by atoms with E-state index >= 15 is 0 Å². The third kappa shape index (κ3) is 2.25. The van der Waals surface area contributed by atoms with Crippen molar-refractivity contribution in [2.24, 2.45) is 5.73 Å². The Bertz CT molecular complexity index is 529. The van der Waals surface area contributed by atoms with E-state index in [2.05, 4.69) is 23.4 Å². The van der Waals surface area contributed by atoms with Crippen LogP contribution in [0.3, 0.4) is 0 Å². The van der Waals surface area contributed by atoms with Gasteiger partial charge in [-0.3, -0.25) is 0 Å². The molecular weight excluding hydrogens is 229 g/mol. The van der Waals surface area contributed by atoms with Gasteiger partial charge in [-0.25, -0.2) is 9.37 Å². The maximum atomic E-state index is 13.3. The number of benzene rings is 1. The summed E-state index contributed by atoms with van der Waals surface area (Å²) in [5, 5.41) is 0. The first-order chi connectivity index (χ1) is 8.71. The van der Waals surface area contributed by atoms with E-state index in [1.54, 1.807) is 6.07 Å². The van der Waals surface area contributed by atoms with Crippen LogP contribution in [-0.2, 0) is 6.54 Å². The van der Waals surface area contributed by atoms with Gasteiger partial charge in [0.2, 0.25) is 0 Å². The van der Waals surface area contributed by atoms with Crippen molar-refractivity contribution < 1.29 is 4.39 Å². The van der Waals surface area contributed by atoms with Crippen LogP contribution >= 0.6 is 0 Å². The van der Waals surface area contributed by atoms with Gasteiger partial charge in [-0.05, 0) is 25.0 Å². The molecule has 1 aromatic heterocycles. The third-order valence-electron chi connectivity index (χ3n) is 3.33. The lowest BCUT2D eigenvalue weighted by atomic mass is 10.1. The van der Waals surface area contributed by atoms with Crippen LogP contribution in [0.1, 0.15) is 38.4 Å². The van der Waals surface area contributed by atoms with Gasteiger partial charge in [0.1, 0.15) is 11.6 Å². The van der Waals surface area contributed by atoms with Crippen molar-refractivity contribution in [3.8, 4) is 0 Å². The van der Waals surface area contributed by atoms with Crippen LogP contribution in [0.4, 0.5) is 4.39 Å². The number of hydrogen-bond acceptors (Lipinski definition) is 2. The molecule has 2 rings (SSSR count). The van der Waals surface area contributed by atoms with Crippen molar-refractivity contribution in [2.75, 3.05) is 6.54 Å². The number of rotatable bonds is 5. The van der Waals surface area contributed by atoms with Gasteiger partial charge in [-0.1, -0.05) is 13.8 Å². The number of aryl methyl sites for hydroxylation is 1. The largest absolute Gasteiger partial charge is 0.330 e. The molecule has 18 heavy (non-hydrogen) atoms. The summed E-state index contributed by atoms with van der Waals surface area (Å²) in [5.74, 6) is 0.991. The smallest absolute Gasteiger partial charge is 0.125 e. The predicted molar refractivity (Wildman–Crippen MR) is 72.1 cm³/mol. The average Bonchev–Trinajstić information content (AvgIpc) is 2.70. The van der Waals surface area contributed by atoms with Gasteiger partial charge in [0.15, 0.2) is 0 Å². The number of nitrogens with zero attached hydrogens (tertiary/aromatic N) is 2. The molecule has 0 bridgehead atoms. The second-order valence-electron chi connectivity index (χ2n) is 4.60. The van der Waals surface area contributed by atoms with Crippen molar-refractivity contribution in [1.82, 2.24) is 9.55 Å². The van der Waals surface area contributed by atoms with E-state index in [1.807, 2.05) is 0 Å². The molecule has 0 fully saturated rings. The Hall–Kier alpha value is -1.42. The van der Waals surface area contributed by atoms with E-state index in [1.165, 1.54) is 12.1 Å². The minimum absolute atomic E-state index is 0.240. The zero-order valence-electron chi connectivity index (χ0n) is 11.0. The summed E-state index contributed by atoms with van der Waals surface area (Å²) in [6.07, 6.45) is 1.98. The van der Waals surface area contributed by atoms with Crippen molar-refractivity contribution in [2.45, 2.75) is 39.2 Å². The van der Waals surface area contributed by atoms with Crippen molar-refractivity contribution in [3.05, 3.63) is 29.8 Å². The van der Waals surface area contributed by atoms with Gasteiger partial charge < -0.3 is 10.3 Å². The fraction of sp³-hybridized carbons (Fsp3) is 0.500. The molecule has 3 nitrogen and oxygen atoms in total. The fourth-order valence-electron chi connectivity index (χ4n) is 2.35. The molecule has 2 aromatic rings. The van der Waals surface area contributed by atoms with Gasteiger partial charge in [-0.2, -0.15) is 0 Å². The molecule has 0 spiro atoms. The summed E-state index contributed by atoms with van der Waals surface area (Å²) in [7, 11) is 0. The topological polar surface area (TPSA) is 43.8 Å². The van der Waals surface area contributed by atoms with Crippen molar-refractivity contribution in [3.63, 3.8) is 0 Å². The van der Waals surface area contributed by atoms with Gasteiger partial charge in [0, 0.05) is 25.1 Å². The molecule has 0 aliphatic rings. The molecule has 1 aromatic carbocycles. The van der Waals surface area contributed by atoms with Crippen molar-refractivity contribution >= 4 is 11.0 Å². The van der Waals surface area contributed by atoms with Gasteiger partial charge >= 0.3 is 0 Å². The first kappa shape index (κ1) is 13.0. The second kappa shape index (κ2) is 5.48. The lowest BCUT2D eigenvalue weighted by molar-refractivity contribution is 0.567. The van der Waals surface area contributed by atoms with Gasteiger partial charge in [0.05, 0.1) is 11.0 Å². The number of nitrogens with two attached hydrogens (primary N) is 1. The first-order valence-corrected chi connectivity index (χ1v) is 6.57. The standard InChI is InChI=1S/C14H20FN3/c1-3-7-18-13-6-5-11(15)8-12(13)17-14(18)10(4-2)9-16/h5-6,8,10H,3-4,7,9,16H2,1-2H3. The molecule has 1 heterocycles. The van der Waals surface area contributed by atoms with Gasteiger partial charge in [0.25, 0.3) is 0 Å². The minimum Gasteiger partial charge on any atom is -0.330 e. The zero-order valence-corrected chi connectivity index (χ0v) is 11.0. The minimum atomic E-state index is -0.240. The molecule has 4 heteroatoms. The summed E-state index contributed by atoms with van der Waals surface area (Å²) in [4.78, 5) is 4.58. The molecular formula is C14H20FN3. The number of aromatic nitrogens is 2. The highest BCUT2D eigenvalue weighted by Gasteiger charge is 2.17. The lowest BCUT2D eigenvalue weighted by Gasteiger charge is -2.14. The van der Waals surface area contributed by atoms with E-state index in [-0.39, 0.29) is 11.7 Å². The monoisotopic (exact) mass is 249 g/mol. The molecule has 2 N–H and O–H groups in total. The maximum absolute atomic E-state index is 13.3. The molecule has 0 aliphatic carbocycles. The third-order valence-corrected chi connectivity index (χ3v) is 3.33. The lowest BCUT2D eigenvalue weighted by Crippen LogP contribution is -2.17.